The number of hydrogen-bond donors (Lipinski definition) is 1. The Hall–Kier alpha value is -0.840. The molecule has 0 amide bonds. The molecule has 108 valence electrons. The van der Waals surface area contributed by atoms with E-state index in [-0.39, 0.29) is 6.04 Å². The van der Waals surface area contributed by atoms with Crippen molar-refractivity contribution in [3.63, 3.8) is 0 Å². The number of nitrogens with one attached hydrogen (secondary N) is 1. The molecule has 1 aromatic heterocycles. The van der Waals surface area contributed by atoms with E-state index in [1.54, 1.807) is 0 Å². The zero-order chi connectivity index (χ0) is 14.5. The highest BCUT2D eigenvalue weighted by Gasteiger charge is 2.13. The first-order chi connectivity index (χ1) is 9.61. The van der Waals surface area contributed by atoms with Gasteiger partial charge in [-0.1, -0.05) is 30.3 Å². The van der Waals surface area contributed by atoms with Crippen LogP contribution >= 0.6 is 27.5 Å². The van der Waals surface area contributed by atoms with Crippen LogP contribution in [0.15, 0.2) is 34.8 Å². The number of aryl methyl sites for hydroxylation is 2. The Bertz CT molecular complexity index is 554. The van der Waals surface area contributed by atoms with Gasteiger partial charge in [0.1, 0.15) is 0 Å². The van der Waals surface area contributed by atoms with Gasteiger partial charge in [-0.15, -0.1) is 11.6 Å². The molecule has 5 heteroatoms. The molecule has 1 atom stereocenters. The van der Waals surface area contributed by atoms with E-state index in [0.717, 1.165) is 28.8 Å². The maximum Gasteiger partial charge on any atom is 0.0739 e. The number of halogens is 2. The molecule has 0 aliphatic rings. The molecule has 0 saturated heterocycles. The molecule has 0 aliphatic carbocycles. The summed E-state index contributed by atoms with van der Waals surface area (Å²) < 4.78 is 2.97. The van der Waals surface area contributed by atoms with Crippen molar-refractivity contribution in [3.8, 4) is 0 Å². The summed E-state index contributed by atoms with van der Waals surface area (Å²) in [7, 11) is 1.96. The average molecular weight is 357 g/mol. The van der Waals surface area contributed by atoms with Crippen molar-refractivity contribution in [1.82, 2.24) is 15.1 Å². The fraction of sp³-hybridized carbons (Fsp3) is 0.400. The third-order valence-electron chi connectivity index (χ3n) is 3.33. The summed E-state index contributed by atoms with van der Waals surface area (Å²) in [6.45, 7) is 2.75. The Morgan fingerprint density at radius 1 is 1.35 bits per heavy atom. The molecule has 2 aromatic rings. The first kappa shape index (κ1) is 15.5. The van der Waals surface area contributed by atoms with Gasteiger partial charge in [-0.05, 0) is 34.8 Å². The topological polar surface area (TPSA) is 29.9 Å². The van der Waals surface area contributed by atoms with Gasteiger partial charge in [0.15, 0.2) is 0 Å². The second kappa shape index (κ2) is 7.25. The Morgan fingerprint density at radius 2 is 2.05 bits per heavy atom. The van der Waals surface area contributed by atoms with Gasteiger partial charge >= 0.3 is 0 Å². The van der Waals surface area contributed by atoms with Gasteiger partial charge < -0.3 is 5.32 Å². The minimum Gasteiger partial charge on any atom is -0.307 e. The minimum absolute atomic E-state index is 0.251. The molecule has 0 fully saturated rings. The molecular weight excluding hydrogens is 338 g/mol. The van der Waals surface area contributed by atoms with E-state index >= 15 is 0 Å². The lowest BCUT2D eigenvalue weighted by Gasteiger charge is -2.16. The number of benzene rings is 1. The smallest absolute Gasteiger partial charge is 0.0739 e. The molecule has 1 heterocycles. The van der Waals surface area contributed by atoms with Crippen molar-refractivity contribution in [2.24, 2.45) is 7.05 Å². The summed E-state index contributed by atoms with van der Waals surface area (Å²) in [5.41, 5.74) is 3.45. The third kappa shape index (κ3) is 3.84. The normalized spacial score (nSPS) is 12.6. The van der Waals surface area contributed by atoms with E-state index in [1.807, 2.05) is 24.7 Å². The summed E-state index contributed by atoms with van der Waals surface area (Å²) in [6, 6.07) is 10.7. The zero-order valence-corrected chi connectivity index (χ0v) is 14.1. The van der Waals surface area contributed by atoms with Crippen molar-refractivity contribution in [2.75, 3.05) is 5.88 Å². The van der Waals surface area contributed by atoms with Crippen LogP contribution in [-0.2, 0) is 20.0 Å². The first-order valence-corrected chi connectivity index (χ1v) is 7.95. The highest BCUT2D eigenvalue weighted by atomic mass is 79.9. The van der Waals surface area contributed by atoms with E-state index < -0.39 is 0 Å². The Balaban J connectivity index is 1.97. The lowest BCUT2D eigenvalue weighted by atomic mass is 10.1. The highest BCUT2D eigenvalue weighted by Crippen LogP contribution is 2.20. The van der Waals surface area contributed by atoms with Crippen molar-refractivity contribution in [2.45, 2.75) is 25.9 Å². The molecule has 0 aliphatic heterocycles. The summed E-state index contributed by atoms with van der Waals surface area (Å²) in [5.74, 6) is 0.587. The van der Waals surface area contributed by atoms with Crippen molar-refractivity contribution >= 4 is 27.5 Å². The predicted molar refractivity (Wildman–Crippen MR) is 87.1 cm³/mol. The fourth-order valence-electron chi connectivity index (χ4n) is 2.19. The minimum atomic E-state index is 0.251. The van der Waals surface area contributed by atoms with E-state index in [9.17, 15) is 0 Å². The van der Waals surface area contributed by atoms with Crippen LogP contribution in [0.5, 0.6) is 0 Å². The van der Waals surface area contributed by atoms with E-state index in [0.29, 0.717) is 5.88 Å². The maximum absolute atomic E-state index is 6.07. The molecule has 3 nitrogen and oxygen atoms in total. The van der Waals surface area contributed by atoms with Crippen LogP contribution < -0.4 is 5.32 Å². The Labute approximate surface area is 133 Å². The number of aromatic nitrogens is 2. The second-order valence-electron chi connectivity index (χ2n) is 4.89. The SMILES string of the molecule is Cc1nn(C)c(CNC(CCl)Cc2ccccc2)c1Br. The second-order valence-corrected chi connectivity index (χ2v) is 5.99. The van der Waals surface area contributed by atoms with Crippen molar-refractivity contribution in [1.29, 1.82) is 0 Å². The van der Waals surface area contributed by atoms with Gasteiger partial charge in [0.2, 0.25) is 0 Å². The Morgan fingerprint density at radius 3 is 2.60 bits per heavy atom. The largest absolute Gasteiger partial charge is 0.307 e. The average Bonchev–Trinajstić information content (AvgIpc) is 2.70. The van der Waals surface area contributed by atoms with Crippen LogP contribution in [0.1, 0.15) is 17.0 Å². The van der Waals surface area contributed by atoms with Crippen LogP contribution in [0, 0.1) is 6.92 Å². The van der Waals surface area contributed by atoms with Crippen LogP contribution in [0.4, 0.5) is 0 Å². The highest BCUT2D eigenvalue weighted by molar-refractivity contribution is 9.10. The summed E-state index contributed by atoms with van der Waals surface area (Å²) >= 11 is 9.66. The molecule has 20 heavy (non-hydrogen) atoms. The van der Waals surface area contributed by atoms with Gasteiger partial charge in [0.25, 0.3) is 0 Å². The summed E-state index contributed by atoms with van der Waals surface area (Å²) in [5, 5.41) is 7.90. The van der Waals surface area contributed by atoms with Crippen LogP contribution in [0.2, 0.25) is 0 Å². The van der Waals surface area contributed by atoms with E-state index in [4.69, 9.17) is 11.6 Å². The summed E-state index contributed by atoms with van der Waals surface area (Å²) in [4.78, 5) is 0. The quantitative estimate of drug-likeness (QED) is 0.804. The molecule has 0 saturated carbocycles. The molecule has 0 radical (unpaired) electrons. The summed E-state index contributed by atoms with van der Waals surface area (Å²) in [6.07, 6.45) is 0.929. The molecular formula is C15H19BrClN3. The van der Waals surface area contributed by atoms with E-state index in [1.165, 1.54) is 5.56 Å². The van der Waals surface area contributed by atoms with Crippen molar-refractivity contribution < 1.29 is 0 Å². The first-order valence-electron chi connectivity index (χ1n) is 6.63. The van der Waals surface area contributed by atoms with Gasteiger partial charge in [-0.3, -0.25) is 4.68 Å². The maximum atomic E-state index is 6.07. The number of alkyl halides is 1. The third-order valence-corrected chi connectivity index (χ3v) is 4.74. The van der Waals surface area contributed by atoms with Crippen LogP contribution in [0.25, 0.3) is 0 Å². The molecule has 1 unspecified atom stereocenters. The van der Waals surface area contributed by atoms with Crippen molar-refractivity contribution in [3.05, 3.63) is 51.8 Å². The number of nitrogens with zero attached hydrogens (tertiary/aromatic N) is 2. The number of hydrogen-bond acceptors (Lipinski definition) is 2. The van der Waals surface area contributed by atoms with Gasteiger partial charge in [0.05, 0.1) is 15.9 Å². The number of rotatable bonds is 6. The fourth-order valence-corrected chi connectivity index (χ4v) is 2.89. The zero-order valence-electron chi connectivity index (χ0n) is 11.7. The lowest BCUT2D eigenvalue weighted by molar-refractivity contribution is 0.528. The molecule has 0 spiro atoms. The van der Waals surface area contributed by atoms with Crippen LogP contribution in [-0.4, -0.2) is 21.7 Å². The molecule has 0 bridgehead atoms. The Kier molecular flexibility index (Phi) is 5.64. The molecule has 1 aromatic carbocycles. The van der Waals surface area contributed by atoms with Gasteiger partial charge in [-0.25, -0.2) is 0 Å². The molecule has 2 rings (SSSR count). The van der Waals surface area contributed by atoms with Gasteiger partial charge in [-0.2, -0.15) is 5.10 Å². The monoisotopic (exact) mass is 355 g/mol. The lowest BCUT2D eigenvalue weighted by Crippen LogP contribution is -2.33. The standard InChI is InChI=1S/C15H19BrClN3/c1-11-15(16)14(20(2)19-11)10-18-13(9-17)8-12-6-4-3-5-7-12/h3-7,13,18H,8-10H2,1-2H3. The van der Waals surface area contributed by atoms with Gasteiger partial charge in [0, 0.05) is 25.5 Å². The van der Waals surface area contributed by atoms with Crippen LogP contribution in [0.3, 0.4) is 0 Å². The van der Waals surface area contributed by atoms with E-state index in [2.05, 4.69) is 50.6 Å². The molecule has 1 N–H and O–H groups in total. The predicted octanol–water partition coefficient (Wildman–Crippen LogP) is 3.43.